The smallest absolute Gasteiger partial charge is 0.148 e. The average molecular weight is 249 g/mol. The van der Waals surface area contributed by atoms with Gasteiger partial charge >= 0.3 is 0 Å². The molecule has 0 spiro atoms. The first kappa shape index (κ1) is 10.4. The number of aromatic nitrogens is 1. The molecule has 3 heteroatoms. The van der Waals surface area contributed by atoms with Gasteiger partial charge in [0.15, 0.2) is 0 Å². The molecule has 3 heterocycles. The third-order valence-corrected chi connectivity index (χ3v) is 3.63. The van der Waals surface area contributed by atoms with Crippen molar-refractivity contribution in [3.05, 3.63) is 65.8 Å². The molecule has 0 amide bonds. The minimum absolute atomic E-state index is 0.613. The van der Waals surface area contributed by atoms with E-state index in [9.17, 15) is 4.79 Å². The van der Waals surface area contributed by atoms with Gasteiger partial charge in [-0.1, -0.05) is 18.2 Å². The maximum atomic E-state index is 11.3. The van der Waals surface area contributed by atoms with Gasteiger partial charge in [0.05, 0.1) is 18.5 Å². The highest BCUT2D eigenvalue weighted by atomic mass is 16.3. The Hall–Kier alpha value is -2.55. The quantitative estimate of drug-likeness (QED) is 0.653. The summed E-state index contributed by atoms with van der Waals surface area (Å²) in [5.74, 6) is 0.753. The first-order valence-corrected chi connectivity index (χ1v) is 6.19. The molecule has 0 unspecified atom stereocenters. The fraction of sp³-hybridized carbons (Fsp3) is 0.0625. The monoisotopic (exact) mass is 249 g/mol. The highest BCUT2D eigenvalue weighted by Gasteiger charge is 2.25. The summed E-state index contributed by atoms with van der Waals surface area (Å²) in [5, 5.41) is 1.19. The van der Waals surface area contributed by atoms with Gasteiger partial charge in [-0.2, -0.15) is 0 Å². The fourth-order valence-electron chi connectivity index (χ4n) is 2.80. The van der Waals surface area contributed by atoms with Crippen LogP contribution in [0.4, 0.5) is 0 Å². The largest absolute Gasteiger partial charge is 0.464 e. The lowest BCUT2D eigenvalue weighted by Crippen LogP contribution is -1.95. The Morgan fingerprint density at radius 3 is 2.84 bits per heavy atom. The molecule has 0 bridgehead atoms. The van der Waals surface area contributed by atoms with Crippen molar-refractivity contribution in [1.29, 1.82) is 0 Å². The SMILES string of the molecule is O=CC1=C(c2ccco2)c2cc3ccccc3n2C1. The van der Waals surface area contributed by atoms with E-state index in [1.54, 1.807) is 6.26 Å². The summed E-state index contributed by atoms with van der Waals surface area (Å²) < 4.78 is 7.64. The third-order valence-electron chi connectivity index (χ3n) is 3.63. The van der Waals surface area contributed by atoms with Gasteiger partial charge in [0.2, 0.25) is 0 Å². The van der Waals surface area contributed by atoms with Crippen molar-refractivity contribution >= 4 is 22.8 Å². The standard InChI is InChI=1S/C16H11NO2/c18-10-12-9-17-13-5-2-1-4-11(13)8-14(17)16(12)15-6-3-7-19-15/h1-8,10H,9H2. The molecule has 0 atom stereocenters. The molecule has 3 aromatic rings. The Morgan fingerprint density at radius 2 is 2.05 bits per heavy atom. The molecule has 0 saturated heterocycles. The summed E-state index contributed by atoms with van der Waals surface area (Å²) in [7, 11) is 0. The number of benzene rings is 1. The van der Waals surface area contributed by atoms with Gasteiger partial charge in [0.1, 0.15) is 12.0 Å². The van der Waals surface area contributed by atoms with Crippen LogP contribution in [-0.2, 0) is 11.3 Å². The molecule has 2 aromatic heterocycles. The summed E-state index contributed by atoms with van der Waals surface area (Å²) in [6, 6.07) is 14.1. The van der Waals surface area contributed by atoms with Crippen LogP contribution in [-0.4, -0.2) is 10.9 Å². The number of carbonyl (C=O) groups excluding carboxylic acids is 1. The molecule has 4 rings (SSSR count). The maximum absolute atomic E-state index is 11.3. The van der Waals surface area contributed by atoms with Crippen LogP contribution in [0.5, 0.6) is 0 Å². The predicted octanol–water partition coefficient (Wildman–Crippen LogP) is 3.25. The van der Waals surface area contributed by atoms with Crippen LogP contribution in [0.2, 0.25) is 0 Å². The highest BCUT2D eigenvalue weighted by Crippen LogP contribution is 2.37. The molecule has 19 heavy (non-hydrogen) atoms. The second kappa shape index (κ2) is 3.72. The summed E-state index contributed by atoms with van der Waals surface area (Å²) in [4.78, 5) is 11.3. The molecular weight excluding hydrogens is 238 g/mol. The van der Waals surface area contributed by atoms with Gasteiger partial charge in [-0.15, -0.1) is 0 Å². The number of para-hydroxylation sites is 1. The molecule has 0 saturated carbocycles. The summed E-state index contributed by atoms with van der Waals surface area (Å²) >= 11 is 0. The fourth-order valence-corrected chi connectivity index (χ4v) is 2.80. The van der Waals surface area contributed by atoms with Crippen LogP contribution >= 0.6 is 0 Å². The van der Waals surface area contributed by atoms with E-state index in [0.29, 0.717) is 6.54 Å². The van der Waals surface area contributed by atoms with Crippen molar-refractivity contribution in [2.24, 2.45) is 0 Å². The van der Waals surface area contributed by atoms with E-state index in [4.69, 9.17) is 4.42 Å². The average Bonchev–Trinajstić information content (AvgIpc) is 3.12. The molecule has 92 valence electrons. The maximum Gasteiger partial charge on any atom is 0.148 e. The van der Waals surface area contributed by atoms with Crippen LogP contribution in [0.1, 0.15) is 11.5 Å². The first-order valence-electron chi connectivity index (χ1n) is 6.19. The van der Waals surface area contributed by atoms with Crippen LogP contribution < -0.4 is 0 Å². The summed E-state index contributed by atoms with van der Waals surface area (Å²) in [5.41, 5.74) is 3.89. The van der Waals surface area contributed by atoms with E-state index in [1.807, 2.05) is 24.3 Å². The van der Waals surface area contributed by atoms with E-state index in [-0.39, 0.29) is 0 Å². The Balaban J connectivity index is 2.03. The Morgan fingerprint density at radius 1 is 1.16 bits per heavy atom. The lowest BCUT2D eigenvalue weighted by Gasteiger charge is -2.00. The van der Waals surface area contributed by atoms with Crippen LogP contribution in [0, 0.1) is 0 Å². The van der Waals surface area contributed by atoms with Crippen molar-refractivity contribution in [2.75, 3.05) is 0 Å². The van der Waals surface area contributed by atoms with E-state index in [0.717, 1.165) is 34.4 Å². The van der Waals surface area contributed by atoms with Gasteiger partial charge in [-0.3, -0.25) is 4.79 Å². The second-order valence-electron chi connectivity index (χ2n) is 4.67. The van der Waals surface area contributed by atoms with Crippen molar-refractivity contribution in [2.45, 2.75) is 6.54 Å². The van der Waals surface area contributed by atoms with Crippen molar-refractivity contribution in [1.82, 2.24) is 4.57 Å². The molecule has 0 radical (unpaired) electrons. The van der Waals surface area contributed by atoms with Gasteiger partial charge in [-0.05, 0) is 24.3 Å². The van der Waals surface area contributed by atoms with Gasteiger partial charge in [0.25, 0.3) is 0 Å². The number of furan rings is 1. The van der Waals surface area contributed by atoms with E-state index in [2.05, 4.69) is 22.8 Å². The van der Waals surface area contributed by atoms with Crippen molar-refractivity contribution < 1.29 is 9.21 Å². The Kier molecular flexibility index (Phi) is 2.03. The zero-order valence-corrected chi connectivity index (χ0v) is 10.2. The molecule has 0 N–H and O–H groups in total. The Labute approximate surface area is 109 Å². The van der Waals surface area contributed by atoms with Crippen LogP contribution in [0.25, 0.3) is 16.5 Å². The third kappa shape index (κ3) is 1.35. The zero-order valence-electron chi connectivity index (χ0n) is 10.2. The minimum atomic E-state index is 0.613. The zero-order chi connectivity index (χ0) is 12.8. The van der Waals surface area contributed by atoms with Gasteiger partial charge in [-0.25, -0.2) is 0 Å². The number of rotatable bonds is 2. The molecule has 1 aliphatic heterocycles. The van der Waals surface area contributed by atoms with Crippen LogP contribution in [0.15, 0.2) is 58.7 Å². The van der Waals surface area contributed by atoms with E-state index >= 15 is 0 Å². The number of hydrogen-bond donors (Lipinski definition) is 0. The molecule has 0 aliphatic carbocycles. The lowest BCUT2D eigenvalue weighted by molar-refractivity contribution is -0.105. The number of fused-ring (bicyclic) bond motifs is 3. The van der Waals surface area contributed by atoms with E-state index in [1.165, 1.54) is 5.39 Å². The Bertz CT molecular complexity index is 807. The number of allylic oxidation sites excluding steroid dienone is 1. The normalized spacial score (nSPS) is 14.1. The van der Waals surface area contributed by atoms with Crippen molar-refractivity contribution in [3.63, 3.8) is 0 Å². The highest BCUT2D eigenvalue weighted by molar-refractivity contribution is 5.99. The predicted molar refractivity (Wildman–Crippen MR) is 72.7 cm³/mol. The number of aldehydes is 1. The van der Waals surface area contributed by atoms with Crippen LogP contribution in [0.3, 0.4) is 0 Å². The summed E-state index contributed by atoms with van der Waals surface area (Å²) in [6.07, 6.45) is 2.57. The lowest BCUT2D eigenvalue weighted by atomic mass is 10.1. The molecular formula is C16H11NO2. The van der Waals surface area contributed by atoms with Crippen molar-refractivity contribution in [3.8, 4) is 0 Å². The number of carbonyl (C=O) groups is 1. The first-order chi connectivity index (χ1) is 9.38. The molecule has 3 nitrogen and oxygen atoms in total. The number of nitrogens with zero attached hydrogens (tertiary/aromatic N) is 1. The number of hydrogen-bond acceptors (Lipinski definition) is 2. The molecule has 1 aliphatic rings. The molecule has 1 aromatic carbocycles. The van der Waals surface area contributed by atoms with Gasteiger partial charge < -0.3 is 8.98 Å². The van der Waals surface area contributed by atoms with Gasteiger partial charge in [0, 0.05) is 22.0 Å². The summed E-state index contributed by atoms with van der Waals surface area (Å²) in [6.45, 7) is 0.613. The molecule has 0 fully saturated rings. The minimum Gasteiger partial charge on any atom is -0.464 e. The van der Waals surface area contributed by atoms with E-state index < -0.39 is 0 Å². The topological polar surface area (TPSA) is 35.1 Å². The second-order valence-corrected chi connectivity index (χ2v) is 4.67.